The second kappa shape index (κ2) is 7.00. The molecule has 2 aromatic carbocycles. The first-order valence-corrected chi connectivity index (χ1v) is 8.61. The number of carbonyl (C=O) groups excluding carboxylic acids is 2. The van der Waals surface area contributed by atoms with Gasteiger partial charge in [-0.25, -0.2) is 9.59 Å². The van der Waals surface area contributed by atoms with Gasteiger partial charge in [-0.05, 0) is 11.1 Å². The van der Waals surface area contributed by atoms with E-state index in [1.165, 1.54) is 12.2 Å². The zero-order valence-corrected chi connectivity index (χ0v) is 14.1. The molecule has 2 unspecified atom stereocenters. The molecule has 4 rings (SSSR count). The molecular formula is C22H18O4. The SMILES string of the molecule is O=C1C=C(C2=CC(=O)OC2Cc2ccccc2)C(Cc2ccccc2)O1. The third kappa shape index (κ3) is 3.45. The zero-order chi connectivity index (χ0) is 17.9. The summed E-state index contributed by atoms with van der Waals surface area (Å²) >= 11 is 0. The molecule has 2 aliphatic heterocycles. The van der Waals surface area contributed by atoms with Crippen LogP contribution in [0.25, 0.3) is 0 Å². The number of rotatable bonds is 5. The fourth-order valence-electron chi connectivity index (χ4n) is 3.41. The molecule has 4 heteroatoms. The topological polar surface area (TPSA) is 52.6 Å². The van der Waals surface area contributed by atoms with Crippen LogP contribution >= 0.6 is 0 Å². The molecule has 0 bridgehead atoms. The zero-order valence-electron chi connectivity index (χ0n) is 14.1. The highest BCUT2D eigenvalue weighted by Crippen LogP contribution is 2.33. The molecule has 26 heavy (non-hydrogen) atoms. The van der Waals surface area contributed by atoms with Gasteiger partial charge >= 0.3 is 11.9 Å². The van der Waals surface area contributed by atoms with E-state index < -0.39 is 12.2 Å². The lowest BCUT2D eigenvalue weighted by Gasteiger charge is -2.19. The van der Waals surface area contributed by atoms with Crippen LogP contribution in [0.15, 0.2) is 84.0 Å². The minimum Gasteiger partial charge on any atom is -0.454 e. The quantitative estimate of drug-likeness (QED) is 0.781. The Morgan fingerprint density at radius 2 is 1.00 bits per heavy atom. The fourth-order valence-corrected chi connectivity index (χ4v) is 3.41. The molecule has 0 saturated heterocycles. The van der Waals surface area contributed by atoms with Gasteiger partial charge < -0.3 is 9.47 Å². The van der Waals surface area contributed by atoms with Crippen molar-refractivity contribution in [3.8, 4) is 0 Å². The lowest BCUT2D eigenvalue weighted by atomic mass is 9.91. The van der Waals surface area contributed by atoms with Crippen molar-refractivity contribution >= 4 is 11.9 Å². The van der Waals surface area contributed by atoms with Crippen molar-refractivity contribution in [1.82, 2.24) is 0 Å². The summed E-state index contributed by atoms with van der Waals surface area (Å²) in [5.41, 5.74) is 3.63. The maximum atomic E-state index is 11.9. The third-order valence-electron chi connectivity index (χ3n) is 4.62. The molecule has 0 spiro atoms. The number of hydrogen-bond acceptors (Lipinski definition) is 4. The number of cyclic esters (lactones) is 2. The maximum absolute atomic E-state index is 11.9. The van der Waals surface area contributed by atoms with Crippen LogP contribution < -0.4 is 0 Å². The average Bonchev–Trinajstić information content (AvgIpc) is 3.18. The molecule has 4 nitrogen and oxygen atoms in total. The van der Waals surface area contributed by atoms with Gasteiger partial charge in [0.05, 0.1) is 0 Å². The number of hydrogen-bond donors (Lipinski definition) is 0. The Hall–Kier alpha value is -3.14. The normalized spacial score (nSPS) is 21.8. The number of ether oxygens (including phenoxy) is 2. The Labute approximate surface area is 151 Å². The van der Waals surface area contributed by atoms with Gasteiger partial charge in [0.15, 0.2) is 0 Å². The third-order valence-corrected chi connectivity index (χ3v) is 4.62. The van der Waals surface area contributed by atoms with Gasteiger partial charge in [-0.15, -0.1) is 0 Å². The first-order chi connectivity index (χ1) is 12.7. The molecule has 0 N–H and O–H groups in total. The average molecular weight is 346 g/mol. The van der Waals surface area contributed by atoms with Crippen molar-refractivity contribution in [2.24, 2.45) is 0 Å². The van der Waals surface area contributed by atoms with Crippen molar-refractivity contribution in [1.29, 1.82) is 0 Å². The van der Waals surface area contributed by atoms with Gasteiger partial charge in [0.25, 0.3) is 0 Å². The summed E-state index contributed by atoms with van der Waals surface area (Å²) < 4.78 is 11.0. The van der Waals surface area contributed by atoms with Crippen LogP contribution in [0, 0.1) is 0 Å². The summed E-state index contributed by atoms with van der Waals surface area (Å²) in [6, 6.07) is 19.7. The molecule has 0 aromatic heterocycles. The van der Waals surface area contributed by atoms with E-state index in [9.17, 15) is 9.59 Å². The summed E-state index contributed by atoms with van der Waals surface area (Å²) in [5.74, 6) is -0.751. The summed E-state index contributed by atoms with van der Waals surface area (Å²) in [4.78, 5) is 23.8. The van der Waals surface area contributed by atoms with Gasteiger partial charge in [-0.3, -0.25) is 0 Å². The predicted octanol–water partition coefficient (Wildman–Crippen LogP) is 3.18. The van der Waals surface area contributed by atoms with E-state index in [0.717, 1.165) is 22.3 Å². The van der Waals surface area contributed by atoms with E-state index in [1.807, 2.05) is 60.7 Å². The monoisotopic (exact) mass is 346 g/mol. The molecule has 0 fully saturated rings. The van der Waals surface area contributed by atoms with E-state index >= 15 is 0 Å². The minimum atomic E-state index is -0.399. The summed E-state index contributed by atoms with van der Waals surface area (Å²) in [6.07, 6.45) is 3.32. The first-order valence-electron chi connectivity index (χ1n) is 8.61. The molecular weight excluding hydrogens is 328 g/mol. The second-order valence-electron chi connectivity index (χ2n) is 6.43. The van der Waals surface area contributed by atoms with Crippen molar-refractivity contribution in [3.05, 3.63) is 95.1 Å². The molecule has 0 radical (unpaired) electrons. The largest absolute Gasteiger partial charge is 0.454 e. The van der Waals surface area contributed by atoms with Crippen molar-refractivity contribution in [3.63, 3.8) is 0 Å². The van der Waals surface area contributed by atoms with E-state index in [4.69, 9.17) is 9.47 Å². The van der Waals surface area contributed by atoms with Gasteiger partial charge in [0.1, 0.15) is 12.2 Å². The standard InChI is InChI=1S/C22H18O4/c23-21-13-17(19(25-21)11-15-7-3-1-4-8-15)18-14-22(24)26-20(18)12-16-9-5-2-6-10-16/h1-10,13-14,19-20H,11-12H2. The van der Waals surface area contributed by atoms with Crippen LogP contribution in [0.5, 0.6) is 0 Å². The highest BCUT2D eigenvalue weighted by atomic mass is 16.6. The molecule has 2 aliphatic rings. The summed E-state index contributed by atoms with van der Waals surface area (Å²) in [5, 5.41) is 0. The fraction of sp³-hybridized carbons (Fsp3) is 0.182. The van der Waals surface area contributed by atoms with Crippen molar-refractivity contribution < 1.29 is 19.1 Å². The Morgan fingerprint density at radius 3 is 1.38 bits per heavy atom. The van der Waals surface area contributed by atoms with E-state index in [1.54, 1.807) is 0 Å². The number of carbonyl (C=O) groups is 2. The summed E-state index contributed by atoms with van der Waals surface area (Å²) in [7, 11) is 0. The van der Waals surface area contributed by atoms with Crippen LogP contribution in [-0.4, -0.2) is 24.1 Å². The van der Waals surface area contributed by atoms with Gasteiger partial charge in [0.2, 0.25) is 0 Å². The molecule has 130 valence electrons. The van der Waals surface area contributed by atoms with Crippen molar-refractivity contribution in [2.75, 3.05) is 0 Å². The van der Waals surface area contributed by atoms with Crippen LogP contribution in [0.4, 0.5) is 0 Å². The van der Waals surface area contributed by atoms with Gasteiger partial charge in [-0.1, -0.05) is 60.7 Å². The lowest BCUT2D eigenvalue weighted by Crippen LogP contribution is -2.22. The van der Waals surface area contributed by atoms with E-state index in [-0.39, 0.29) is 11.9 Å². The lowest BCUT2D eigenvalue weighted by molar-refractivity contribution is -0.140. The van der Waals surface area contributed by atoms with Crippen LogP contribution in [0.3, 0.4) is 0 Å². The second-order valence-corrected chi connectivity index (χ2v) is 6.43. The summed E-state index contributed by atoms with van der Waals surface area (Å²) in [6.45, 7) is 0. The molecule has 2 heterocycles. The molecule has 0 aliphatic carbocycles. The molecule has 2 aromatic rings. The molecule has 0 saturated carbocycles. The maximum Gasteiger partial charge on any atom is 0.331 e. The number of benzene rings is 2. The predicted molar refractivity (Wildman–Crippen MR) is 96.2 cm³/mol. The van der Waals surface area contributed by atoms with Gasteiger partial charge in [-0.2, -0.15) is 0 Å². The molecule has 0 amide bonds. The van der Waals surface area contributed by atoms with Gasteiger partial charge in [0, 0.05) is 36.1 Å². The van der Waals surface area contributed by atoms with E-state index in [0.29, 0.717) is 12.8 Å². The Morgan fingerprint density at radius 1 is 0.615 bits per heavy atom. The van der Waals surface area contributed by atoms with Crippen molar-refractivity contribution in [2.45, 2.75) is 25.0 Å². The highest BCUT2D eigenvalue weighted by Gasteiger charge is 2.36. The van der Waals surface area contributed by atoms with E-state index in [2.05, 4.69) is 0 Å². The van der Waals surface area contributed by atoms with Crippen LogP contribution in [-0.2, 0) is 31.9 Å². The molecule has 2 atom stereocenters. The van der Waals surface area contributed by atoms with Crippen LogP contribution in [0.1, 0.15) is 11.1 Å². The highest BCUT2D eigenvalue weighted by molar-refractivity contribution is 5.91. The van der Waals surface area contributed by atoms with Crippen LogP contribution in [0.2, 0.25) is 0 Å². The number of esters is 2. The Kier molecular flexibility index (Phi) is 4.40. The Bertz CT molecular complexity index is 805. The minimum absolute atomic E-state index is 0.375. The first kappa shape index (κ1) is 16.3. The Balaban J connectivity index is 1.58. The smallest absolute Gasteiger partial charge is 0.331 e.